The van der Waals surface area contributed by atoms with Crippen molar-refractivity contribution in [3.8, 4) is 11.5 Å². The summed E-state index contributed by atoms with van der Waals surface area (Å²) in [4.78, 5) is 12.2. The van der Waals surface area contributed by atoms with Crippen LogP contribution in [-0.2, 0) is 14.8 Å². The van der Waals surface area contributed by atoms with Crippen molar-refractivity contribution >= 4 is 38.9 Å². The minimum absolute atomic E-state index is 0.0642. The molecule has 162 valence electrons. The van der Waals surface area contributed by atoms with Crippen LogP contribution >= 0.6 is 11.6 Å². The van der Waals surface area contributed by atoms with Crippen molar-refractivity contribution in [3.05, 3.63) is 77.3 Å². The standard InChI is InChI=1S/C22H21ClN2O5S/c1-15-13-16(23)3-12-21(15)30-14-22(26)24-17-6-10-20(11-7-17)31(27,28)25-18-4-8-19(29-2)9-5-18/h3-13,25H,14H2,1-2H3,(H,24,26). The Labute approximate surface area is 186 Å². The lowest BCUT2D eigenvalue weighted by Gasteiger charge is -2.11. The average molecular weight is 461 g/mol. The zero-order valence-electron chi connectivity index (χ0n) is 16.9. The van der Waals surface area contributed by atoms with Crippen LogP contribution in [0.1, 0.15) is 5.56 Å². The fourth-order valence-corrected chi connectivity index (χ4v) is 3.99. The highest BCUT2D eigenvalue weighted by Gasteiger charge is 2.14. The molecule has 0 aliphatic heterocycles. The Hall–Kier alpha value is -3.23. The number of ether oxygens (including phenoxy) is 2. The second kappa shape index (κ2) is 9.72. The summed E-state index contributed by atoms with van der Waals surface area (Å²) in [5.74, 6) is 0.810. The number of hydrogen-bond acceptors (Lipinski definition) is 5. The van der Waals surface area contributed by atoms with Crippen LogP contribution < -0.4 is 19.5 Å². The molecule has 0 saturated heterocycles. The molecule has 0 fully saturated rings. The number of rotatable bonds is 8. The predicted octanol–water partition coefficient (Wildman–Crippen LogP) is 4.48. The second-order valence-corrected chi connectivity index (χ2v) is 8.72. The first kappa shape index (κ1) is 22.5. The second-order valence-electron chi connectivity index (χ2n) is 6.61. The van der Waals surface area contributed by atoms with Crippen molar-refractivity contribution in [2.75, 3.05) is 23.8 Å². The summed E-state index contributed by atoms with van der Waals surface area (Å²) in [6.07, 6.45) is 0. The van der Waals surface area contributed by atoms with E-state index < -0.39 is 10.0 Å². The van der Waals surface area contributed by atoms with Gasteiger partial charge in [-0.05, 0) is 79.2 Å². The van der Waals surface area contributed by atoms with E-state index in [2.05, 4.69) is 10.0 Å². The highest BCUT2D eigenvalue weighted by atomic mass is 35.5. The summed E-state index contributed by atoms with van der Waals surface area (Å²) in [7, 11) is -2.24. The molecule has 0 bridgehead atoms. The van der Waals surface area contributed by atoms with Crippen molar-refractivity contribution < 1.29 is 22.7 Å². The summed E-state index contributed by atoms with van der Waals surface area (Å²) in [6.45, 7) is 1.64. The zero-order chi connectivity index (χ0) is 22.4. The van der Waals surface area contributed by atoms with Gasteiger partial charge in [-0.2, -0.15) is 0 Å². The van der Waals surface area contributed by atoms with Crippen LogP contribution in [-0.4, -0.2) is 28.0 Å². The van der Waals surface area contributed by atoms with Crippen molar-refractivity contribution in [2.45, 2.75) is 11.8 Å². The maximum Gasteiger partial charge on any atom is 0.262 e. The molecule has 0 saturated carbocycles. The lowest BCUT2D eigenvalue weighted by atomic mass is 10.2. The van der Waals surface area contributed by atoms with Crippen molar-refractivity contribution in [2.24, 2.45) is 0 Å². The molecule has 0 radical (unpaired) electrons. The smallest absolute Gasteiger partial charge is 0.262 e. The fraction of sp³-hybridized carbons (Fsp3) is 0.136. The number of sulfonamides is 1. The Kier molecular flexibility index (Phi) is 7.04. The van der Waals surface area contributed by atoms with E-state index in [0.717, 1.165) is 5.56 Å². The van der Waals surface area contributed by atoms with Gasteiger partial charge >= 0.3 is 0 Å². The Morgan fingerprint density at radius 1 is 0.968 bits per heavy atom. The molecule has 3 rings (SSSR count). The van der Waals surface area contributed by atoms with Crippen LogP contribution in [0.4, 0.5) is 11.4 Å². The predicted molar refractivity (Wildman–Crippen MR) is 121 cm³/mol. The summed E-state index contributed by atoms with van der Waals surface area (Å²) in [6, 6.07) is 17.5. The van der Waals surface area contributed by atoms with Crippen LogP contribution in [0.15, 0.2) is 71.6 Å². The van der Waals surface area contributed by atoms with Crippen LogP contribution in [0.5, 0.6) is 11.5 Å². The SMILES string of the molecule is COc1ccc(NS(=O)(=O)c2ccc(NC(=O)COc3ccc(Cl)cc3C)cc2)cc1. The van der Waals surface area contributed by atoms with Gasteiger partial charge in [0.05, 0.1) is 12.0 Å². The van der Waals surface area contributed by atoms with Crippen LogP contribution in [0.25, 0.3) is 0 Å². The molecule has 3 aromatic carbocycles. The largest absolute Gasteiger partial charge is 0.497 e. The van der Waals surface area contributed by atoms with Gasteiger partial charge in [-0.25, -0.2) is 8.42 Å². The van der Waals surface area contributed by atoms with Crippen LogP contribution in [0.3, 0.4) is 0 Å². The first-order valence-electron chi connectivity index (χ1n) is 9.22. The first-order valence-corrected chi connectivity index (χ1v) is 11.1. The molecule has 9 heteroatoms. The molecule has 0 aliphatic carbocycles. The maximum atomic E-state index is 12.5. The third-order valence-electron chi connectivity index (χ3n) is 4.29. The topological polar surface area (TPSA) is 93.7 Å². The normalized spacial score (nSPS) is 10.9. The molecule has 0 heterocycles. The van der Waals surface area contributed by atoms with Gasteiger partial charge in [0.1, 0.15) is 11.5 Å². The Morgan fingerprint density at radius 3 is 2.23 bits per heavy atom. The minimum atomic E-state index is -3.77. The highest BCUT2D eigenvalue weighted by molar-refractivity contribution is 7.92. The number of carbonyl (C=O) groups excluding carboxylic acids is 1. The Balaban J connectivity index is 1.58. The molecule has 2 N–H and O–H groups in total. The maximum absolute atomic E-state index is 12.5. The fourth-order valence-electron chi connectivity index (χ4n) is 2.71. The summed E-state index contributed by atoms with van der Waals surface area (Å²) >= 11 is 5.90. The van der Waals surface area contributed by atoms with E-state index in [1.807, 2.05) is 6.92 Å². The van der Waals surface area contributed by atoms with Crippen LogP contribution in [0.2, 0.25) is 5.02 Å². The molecular formula is C22H21ClN2O5S. The molecule has 0 aromatic heterocycles. The van der Waals surface area contributed by atoms with E-state index in [-0.39, 0.29) is 17.4 Å². The molecule has 0 aliphatic rings. The summed E-state index contributed by atoms with van der Waals surface area (Å²) < 4.78 is 38.1. The lowest BCUT2D eigenvalue weighted by Crippen LogP contribution is -2.20. The number of hydrogen-bond donors (Lipinski definition) is 2. The monoisotopic (exact) mass is 460 g/mol. The number of aryl methyl sites for hydroxylation is 1. The number of carbonyl (C=O) groups is 1. The number of benzene rings is 3. The number of halogens is 1. The van der Waals surface area contributed by atoms with Crippen molar-refractivity contribution in [1.29, 1.82) is 0 Å². The van der Waals surface area contributed by atoms with Gasteiger partial charge in [-0.15, -0.1) is 0 Å². The molecular weight excluding hydrogens is 440 g/mol. The van der Waals surface area contributed by atoms with Gasteiger partial charge in [0.15, 0.2) is 6.61 Å². The third kappa shape index (κ3) is 6.13. The van der Waals surface area contributed by atoms with Gasteiger partial charge in [0.2, 0.25) is 0 Å². The molecule has 1 amide bonds. The number of methoxy groups -OCH3 is 1. The lowest BCUT2D eigenvalue weighted by molar-refractivity contribution is -0.118. The average Bonchev–Trinajstić information content (AvgIpc) is 2.74. The summed E-state index contributed by atoms with van der Waals surface area (Å²) in [5, 5.41) is 3.25. The number of amides is 1. The van der Waals surface area contributed by atoms with Crippen LogP contribution in [0, 0.1) is 6.92 Å². The van der Waals surface area contributed by atoms with Crippen molar-refractivity contribution in [1.82, 2.24) is 0 Å². The molecule has 3 aromatic rings. The Bertz CT molecular complexity index is 1160. The first-order chi connectivity index (χ1) is 14.8. The van der Waals surface area contributed by atoms with E-state index >= 15 is 0 Å². The molecule has 31 heavy (non-hydrogen) atoms. The molecule has 0 spiro atoms. The van der Waals surface area contributed by atoms with Gasteiger partial charge in [0.25, 0.3) is 15.9 Å². The third-order valence-corrected chi connectivity index (χ3v) is 5.92. The van der Waals surface area contributed by atoms with E-state index in [1.54, 1.807) is 42.5 Å². The molecule has 0 atom stereocenters. The minimum Gasteiger partial charge on any atom is -0.497 e. The Morgan fingerprint density at radius 2 is 1.61 bits per heavy atom. The van der Waals surface area contributed by atoms with Crippen molar-refractivity contribution in [3.63, 3.8) is 0 Å². The van der Waals surface area contributed by atoms with E-state index in [0.29, 0.717) is 27.9 Å². The molecule has 7 nitrogen and oxygen atoms in total. The number of nitrogens with one attached hydrogen (secondary N) is 2. The highest BCUT2D eigenvalue weighted by Crippen LogP contribution is 2.22. The quantitative estimate of drug-likeness (QED) is 0.517. The number of anilines is 2. The van der Waals surface area contributed by atoms with E-state index in [4.69, 9.17) is 21.1 Å². The van der Waals surface area contributed by atoms with E-state index in [9.17, 15) is 13.2 Å². The molecule has 0 unspecified atom stereocenters. The van der Waals surface area contributed by atoms with Gasteiger partial charge in [0, 0.05) is 16.4 Å². The van der Waals surface area contributed by atoms with Gasteiger partial charge in [-0.3, -0.25) is 9.52 Å². The van der Waals surface area contributed by atoms with E-state index in [1.165, 1.54) is 31.4 Å². The van der Waals surface area contributed by atoms with Gasteiger partial charge < -0.3 is 14.8 Å². The summed E-state index contributed by atoms with van der Waals surface area (Å²) in [5.41, 5.74) is 1.68. The zero-order valence-corrected chi connectivity index (χ0v) is 18.5. The van der Waals surface area contributed by atoms with Gasteiger partial charge in [-0.1, -0.05) is 11.6 Å².